The molecule has 0 N–H and O–H groups in total. The Labute approximate surface area is 111 Å². The molecule has 0 bridgehead atoms. The first-order chi connectivity index (χ1) is 8.66. The Morgan fingerprint density at radius 3 is 2.28 bits per heavy atom. The first-order valence-corrected chi connectivity index (χ1v) is 7.03. The summed E-state index contributed by atoms with van der Waals surface area (Å²) in [6, 6.07) is 4.61. The lowest BCUT2D eigenvalue weighted by atomic mass is 9.96. The first kappa shape index (κ1) is 13.6. The summed E-state index contributed by atoms with van der Waals surface area (Å²) in [5.41, 5.74) is 5.83. The van der Waals surface area contributed by atoms with Crippen molar-refractivity contribution in [3.8, 4) is 0 Å². The number of ether oxygens (including phenoxy) is 1. The van der Waals surface area contributed by atoms with E-state index in [2.05, 4.69) is 37.8 Å². The smallest absolute Gasteiger partial charge is 0.0594 e. The van der Waals surface area contributed by atoms with Crippen molar-refractivity contribution in [1.29, 1.82) is 0 Å². The molecule has 0 radical (unpaired) electrons. The summed E-state index contributed by atoms with van der Waals surface area (Å²) in [7, 11) is 0. The molecule has 0 unspecified atom stereocenters. The zero-order valence-corrected chi connectivity index (χ0v) is 12.0. The Morgan fingerprint density at radius 2 is 1.67 bits per heavy atom. The summed E-state index contributed by atoms with van der Waals surface area (Å²) in [4.78, 5) is 2.52. The highest BCUT2D eigenvalue weighted by atomic mass is 16.5. The zero-order chi connectivity index (χ0) is 13.0. The van der Waals surface area contributed by atoms with Crippen molar-refractivity contribution in [3.63, 3.8) is 0 Å². The van der Waals surface area contributed by atoms with Crippen LogP contribution < -0.4 is 0 Å². The molecule has 0 atom stereocenters. The molecular weight excluding hydrogens is 222 g/mol. The fourth-order valence-corrected chi connectivity index (χ4v) is 2.91. The SMILES string of the molecule is Cc1cc(C)c(CCCN2CCOCC2)c(C)c1. The second kappa shape index (κ2) is 6.35. The van der Waals surface area contributed by atoms with Crippen LogP contribution in [-0.2, 0) is 11.2 Å². The third kappa shape index (κ3) is 3.56. The van der Waals surface area contributed by atoms with E-state index in [4.69, 9.17) is 4.74 Å². The summed E-state index contributed by atoms with van der Waals surface area (Å²) in [6.07, 6.45) is 2.46. The Bertz CT molecular complexity index is 371. The molecule has 0 saturated carbocycles. The maximum atomic E-state index is 5.37. The van der Waals surface area contributed by atoms with Gasteiger partial charge in [0.25, 0.3) is 0 Å². The van der Waals surface area contributed by atoms with Crippen LogP contribution in [0, 0.1) is 20.8 Å². The maximum Gasteiger partial charge on any atom is 0.0594 e. The van der Waals surface area contributed by atoms with Crippen LogP contribution in [0.3, 0.4) is 0 Å². The van der Waals surface area contributed by atoms with Crippen LogP contribution in [0.2, 0.25) is 0 Å². The van der Waals surface area contributed by atoms with Crippen molar-refractivity contribution < 1.29 is 4.74 Å². The van der Waals surface area contributed by atoms with Crippen LogP contribution in [0.15, 0.2) is 12.1 Å². The third-order valence-electron chi connectivity index (χ3n) is 3.85. The summed E-state index contributed by atoms with van der Waals surface area (Å²) in [6.45, 7) is 11.9. The summed E-state index contributed by atoms with van der Waals surface area (Å²) in [5.74, 6) is 0. The molecule has 1 fully saturated rings. The molecule has 0 spiro atoms. The lowest BCUT2D eigenvalue weighted by Gasteiger charge is -2.26. The molecule has 1 aliphatic heterocycles. The van der Waals surface area contributed by atoms with Gasteiger partial charge in [-0.3, -0.25) is 4.90 Å². The highest BCUT2D eigenvalue weighted by Gasteiger charge is 2.10. The number of morpholine rings is 1. The molecule has 0 aromatic heterocycles. The van der Waals surface area contributed by atoms with Crippen molar-refractivity contribution in [2.24, 2.45) is 0 Å². The van der Waals surface area contributed by atoms with E-state index in [0.29, 0.717) is 0 Å². The minimum Gasteiger partial charge on any atom is -0.379 e. The molecule has 1 aromatic rings. The lowest BCUT2D eigenvalue weighted by Crippen LogP contribution is -2.37. The molecule has 0 aliphatic carbocycles. The van der Waals surface area contributed by atoms with E-state index in [1.54, 1.807) is 5.56 Å². The largest absolute Gasteiger partial charge is 0.379 e. The van der Waals surface area contributed by atoms with E-state index in [-0.39, 0.29) is 0 Å². The van der Waals surface area contributed by atoms with Gasteiger partial charge in [0.1, 0.15) is 0 Å². The van der Waals surface area contributed by atoms with Crippen molar-refractivity contribution in [2.45, 2.75) is 33.6 Å². The van der Waals surface area contributed by atoms with E-state index in [0.717, 1.165) is 26.3 Å². The van der Waals surface area contributed by atoms with E-state index < -0.39 is 0 Å². The Morgan fingerprint density at radius 1 is 1.06 bits per heavy atom. The van der Waals surface area contributed by atoms with Crippen molar-refractivity contribution >= 4 is 0 Å². The molecule has 2 heteroatoms. The molecule has 2 rings (SSSR count). The number of nitrogens with zero attached hydrogens (tertiary/aromatic N) is 1. The van der Waals surface area contributed by atoms with Crippen LogP contribution in [0.1, 0.15) is 28.7 Å². The topological polar surface area (TPSA) is 12.5 Å². The molecule has 1 aromatic carbocycles. The fourth-order valence-electron chi connectivity index (χ4n) is 2.91. The Balaban J connectivity index is 1.86. The molecule has 1 heterocycles. The van der Waals surface area contributed by atoms with Gasteiger partial charge in [-0.2, -0.15) is 0 Å². The summed E-state index contributed by atoms with van der Waals surface area (Å²) < 4.78 is 5.37. The van der Waals surface area contributed by atoms with Gasteiger partial charge < -0.3 is 4.74 Å². The standard InChI is InChI=1S/C16H25NO/c1-13-11-14(2)16(15(3)12-13)5-4-6-17-7-9-18-10-8-17/h11-12H,4-10H2,1-3H3. The van der Waals surface area contributed by atoms with Crippen LogP contribution >= 0.6 is 0 Å². The van der Waals surface area contributed by atoms with Crippen LogP contribution in [0.25, 0.3) is 0 Å². The number of benzene rings is 1. The van der Waals surface area contributed by atoms with Gasteiger partial charge in [0.05, 0.1) is 13.2 Å². The molecular formula is C16H25NO. The van der Waals surface area contributed by atoms with Crippen molar-refractivity contribution in [3.05, 3.63) is 34.4 Å². The molecule has 100 valence electrons. The Kier molecular flexibility index (Phi) is 4.79. The van der Waals surface area contributed by atoms with Gasteiger partial charge in [0.15, 0.2) is 0 Å². The molecule has 0 amide bonds. The second-order valence-corrected chi connectivity index (χ2v) is 5.43. The predicted octanol–water partition coefficient (Wildman–Crippen LogP) is 2.88. The Hall–Kier alpha value is -0.860. The average Bonchev–Trinajstić information content (AvgIpc) is 2.34. The minimum atomic E-state index is 0.905. The molecule has 2 nitrogen and oxygen atoms in total. The van der Waals surface area contributed by atoms with Crippen LogP contribution in [0.4, 0.5) is 0 Å². The molecule has 1 aliphatic rings. The van der Waals surface area contributed by atoms with E-state index in [9.17, 15) is 0 Å². The second-order valence-electron chi connectivity index (χ2n) is 5.43. The monoisotopic (exact) mass is 247 g/mol. The van der Waals surface area contributed by atoms with Crippen molar-refractivity contribution in [2.75, 3.05) is 32.8 Å². The normalized spacial score (nSPS) is 17.1. The van der Waals surface area contributed by atoms with Gasteiger partial charge in [-0.1, -0.05) is 17.7 Å². The molecule has 18 heavy (non-hydrogen) atoms. The fraction of sp³-hybridized carbons (Fsp3) is 0.625. The van der Waals surface area contributed by atoms with Gasteiger partial charge >= 0.3 is 0 Å². The highest BCUT2D eigenvalue weighted by molar-refractivity contribution is 5.37. The zero-order valence-electron chi connectivity index (χ0n) is 12.0. The minimum absolute atomic E-state index is 0.905. The quantitative estimate of drug-likeness (QED) is 0.811. The maximum absolute atomic E-state index is 5.37. The van der Waals surface area contributed by atoms with Crippen molar-refractivity contribution in [1.82, 2.24) is 4.90 Å². The van der Waals surface area contributed by atoms with Gasteiger partial charge in [-0.25, -0.2) is 0 Å². The number of hydrogen-bond donors (Lipinski definition) is 0. The third-order valence-corrected chi connectivity index (χ3v) is 3.85. The number of aryl methyl sites for hydroxylation is 3. The van der Waals surface area contributed by atoms with Gasteiger partial charge in [0.2, 0.25) is 0 Å². The van der Waals surface area contributed by atoms with E-state index in [1.807, 2.05) is 0 Å². The number of rotatable bonds is 4. The molecule has 1 saturated heterocycles. The highest BCUT2D eigenvalue weighted by Crippen LogP contribution is 2.18. The summed E-state index contributed by atoms with van der Waals surface area (Å²) in [5, 5.41) is 0. The van der Waals surface area contributed by atoms with E-state index in [1.165, 1.54) is 36.1 Å². The average molecular weight is 247 g/mol. The van der Waals surface area contributed by atoms with E-state index >= 15 is 0 Å². The van der Waals surface area contributed by atoms with Crippen LogP contribution in [0.5, 0.6) is 0 Å². The van der Waals surface area contributed by atoms with Crippen LogP contribution in [-0.4, -0.2) is 37.7 Å². The van der Waals surface area contributed by atoms with Gasteiger partial charge in [0, 0.05) is 13.1 Å². The van der Waals surface area contributed by atoms with Gasteiger partial charge in [-0.15, -0.1) is 0 Å². The predicted molar refractivity (Wildman–Crippen MR) is 76.2 cm³/mol. The van der Waals surface area contributed by atoms with Gasteiger partial charge in [-0.05, 0) is 56.8 Å². The first-order valence-electron chi connectivity index (χ1n) is 7.03. The summed E-state index contributed by atoms with van der Waals surface area (Å²) >= 11 is 0. The number of hydrogen-bond acceptors (Lipinski definition) is 2. The lowest BCUT2D eigenvalue weighted by molar-refractivity contribution is 0.0374.